The van der Waals surface area contributed by atoms with E-state index in [0.29, 0.717) is 12.1 Å². The van der Waals surface area contributed by atoms with Crippen LogP contribution in [0, 0.1) is 0 Å². The lowest BCUT2D eigenvalue weighted by Crippen LogP contribution is -2.40. The quantitative estimate of drug-likeness (QED) is 0.914. The van der Waals surface area contributed by atoms with Crippen molar-refractivity contribution in [2.45, 2.75) is 76.5 Å². The predicted octanol–water partition coefficient (Wildman–Crippen LogP) is 3.76. The predicted molar refractivity (Wildman–Crippen MR) is 81.0 cm³/mol. The van der Waals surface area contributed by atoms with Crippen LogP contribution in [0.1, 0.15) is 64.8 Å². The van der Waals surface area contributed by atoms with Crippen LogP contribution in [-0.4, -0.2) is 27.8 Å². The number of hydrogen-bond donors (Lipinski definition) is 1. The van der Waals surface area contributed by atoms with Crippen molar-refractivity contribution in [2.24, 2.45) is 0 Å². The zero-order chi connectivity index (χ0) is 14.0. The molecule has 1 aromatic rings. The summed E-state index contributed by atoms with van der Waals surface area (Å²) in [6.45, 7) is 5.19. The van der Waals surface area contributed by atoms with E-state index in [1.165, 1.54) is 32.1 Å². The van der Waals surface area contributed by atoms with Crippen molar-refractivity contribution >= 4 is 5.95 Å². The summed E-state index contributed by atoms with van der Waals surface area (Å²) < 4.78 is 8.16. The highest BCUT2D eigenvalue weighted by Crippen LogP contribution is 2.31. The van der Waals surface area contributed by atoms with Crippen molar-refractivity contribution in [1.29, 1.82) is 0 Å². The van der Waals surface area contributed by atoms with Crippen molar-refractivity contribution in [1.82, 2.24) is 9.55 Å². The number of rotatable bonds is 3. The van der Waals surface area contributed by atoms with E-state index in [9.17, 15) is 0 Å². The Labute approximate surface area is 121 Å². The van der Waals surface area contributed by atoms with Gasteiger partial charge in [-0.2, -0.15) is 0 Å². The number of aromatic nitrogens is 2. The Balaban J connectivity index is 1.67. The summed E-state index contributed by atoms with van der Waals surface area (Å²) in [4.78, 5) is 4.54. The maximum absolute atomic E-state index is 5.79. The zero-order valence-corrected chi connectivity index (χ0v) is 12.8. The molecule has 2 heterocycles. The molecule has 1 aliphatic heterocycles. The molecule has 4 nitrogen and oxygen atoms in total. The average molecular weight is 277 g/mol. The fourth-order valence-corrected chi connectivity index (χ4v) is 3.62. The molecule has 0 spiro atoms. The van der Waals surface area contributed by atoms with E-state index >= 15 is 0 Å². The highest BCUT2D eigenvalue weighted by Gasteiger charge is 2.29. The van der Waals surface area contributed by atoms with Crippen LogP contribution in [0.2, 0.25) is 0 Å². The summed E-state index contributed by atoms with van der Waals surface area (Å²) in [5.74, 6) is 1.06. The molecular weight excluding hydrogens is 250 g/mol. The fourth-order valence-electron chi connectivity index (χ4n) is 3.62. The molecule has 0 bridgehead atoms. The van der Waals surface area contributed by atoms with E-state index in [1.807, 2.05) is 6.20 Å². The molecule has 3 rings (SSSR count). The van der Waals surface area contributed by atoms with E-state index in [-0.39, 0.29) is 5.60 Å². The van der Waals surface area contributed by atoms with Crippen LogP contribution in [0.25, 0.3) is 0 Å². The average Bonchev–Trinajstić information content (AvgIpc) is 2.87. The minimum absolute atomic E-state index is 0.0157. The molecular formula is C16H27N3O. The van der Waals surface area contributed by atoms with Crippen molar-refractivity contribution in [3.05, 3.63) is 12.4 Å². The van der Waals surface area contributed by atoms with Gasteiger partial charge in [0.25, 0.3) is 0 Å². The molecule has 1 saturated heterocycles. The van der Waals surface area contributed by atoms with Crippen LogP contribution >= 0.6 is 0 Å². The topological polar surface area (TPSA) is 39.1 Å². The number of anilines is 1. The minimum atomic E-state index is -0.0157. The molecule has 0 amide bonds. The van der Waals surface area contributed by atoms with Crippen LogP contribution < -0.4 is 5.32 Å². The lowest BCUT2D eigenvalue weighted by Gasteiger charge is -2.36. The molecule has 0 radical (unpaired) electrons. The van der Waals surface area contributed by atoms with Crippen LogP contribution in [-0.2, 0) is 4.74 Å². The number of nitrogens with zero attached hydrogens (tertiary/aromatic N) is 2. The minimum Gasteiger partial charge on any atom is -0.375 e. The lowest BCUT2D eigenvalue weighted by molar-refractivity contribution is -0.0554. The first-order valence-electron chi connectivity index (χ1n) is 8.07. The van der Waals surface area contributed by atoms with Gasteiger partial charge in [-0.1, -0.05) is 19.3 Å². The van der Waals surface area contributed by atoms with Crippen molar-refractivity contribution < 1.29 is 4.74 Å². The first-order valence-corrected chi connectivity index (χ1v) is 8.07. The van der Waals surface area contributed by atoms with E-state index < -0.39 is 0 Å². The Hall–Kier alpha value is -1.03. The molecule has 1 aliphatic carbocycles. The molecule has 20 heavy (non-hydrogen) atoms. The van der Waals surface area contributed by atoms with Gasteiger partial charge in [0, 0.05) is 31.1 Å². The molecule has 112 valence electrons. The zero-order valence-electron chi connectivity index (χ0n) is 12.8. The van der Waals surface area contributed by atoms with Gasteiger partial charge in [-0.05, 0) is 39.5 Å². The monoisotopic (exact) mass is 277 g/mol. The SMILES string of the molecule is CC1(C)CC(Nc2nccn2C2CCCCC2)CCO1. The van der Waals surface area contributed by atoms with Gasteiger partial charge in [0.05, 0.1) is 5.60 Å². The largest absolute Gasteiger partial charge is 0.375 e. The van der Waals surface area contributed by atoms with Crippen LogP contribution in [0.15, 0.2) is 12.4 Å². The Morgan fingerprint density at radius 2 is 2.05 bits per heavy atom. The van der Waals surface area contributed by atoms with E-state index in [2.05, 4.69) is 34.9 Å². The van der Waals surface area contributed by atoms with Gasteiger partial charge >= 0.3 is 0 Å². The van der Waals surface area contributed by atoms with Crippen LogP contribution in [0.4, 0.5) is 5.95 Å². The molecule has 2 fully saturated rings. The van der Waals surface area contributed by atoms with Crippen molar-refractivity contribution in [3.63, 3.8) is 0 Å². The molecule has 0 aromatic carbocycles. The molecule has 2 aliphatic rings. The van der Waals surface area contributed by atoms with Gasteiger partial charge in [0.15, 0.2) is 0 Å². The van der Waals surface area contributed by atoms with Gasteiger partial charge < -0.3 is 14.6 Å². The third kappa shape index (κ3) is 3.17. The van der Waals surface area contributed by atoms with Crippen molar-refractivity contribution in [2.75, 3.05) is 11.9 Å². The maximum Gasteiger partial charge on any atom is 0.203 e. The second-order valence-corrected chi connectivity index (χ2v) is 6.89. The summed E-state index contributed by atoms with van der Waals surface area (Å²) in [6, 6.07) is 1.12. The third-order valence-corrected chi connectivity index (χ3v) is 4.67. The third-order valence-electron chi connectivity index (χ3n) is 4.67. The molecule has 1 unspecified atom stereocenters. The Bertz CT molecular complexity index is 435. The highest BCUT2D eigenvalue weighted by molar-refractivity contribution is 5.29. The van der Waals surface area contributed by atoms with Crippen LogP contribution in [0.5, 0.6) is 0 Å². The standard InChI is InChI=1S/C16H27N3O/c1-16(2)12-13(8-11-20-16)18-15-17-9-10-19(15)14-6-4-3-5-7-14/h9-10,13-14H,3-8,11-12H2,1-2H3,(H,17,18). The highest BCUT2D eigenvalue weighted by atomic mass is 16.5. The summed E-state index contributed by atoms with van der Waals surface area (Å²) in [5.41, 5.74) is -0.0157. The molecule has 1 N–H and O–H groups in total. The van der Waals surface area contributed by atoms with Gasteiger partial charge in [-0.15, -0.1) is 0 Å². The summed E-state index contributed by atoms with van der Waals surface area (Å²) in [7, 11) is 0. The number of nitrogens with one attached hydrogen (secondary N) is 1. The lowest BCUT2D eigenvalue weighted by atomic mass is 9.94. The Morgan fingerprint density at radius 3 is 2.80 bits per heavy atom. The van der Waals surface area contributed by atoms with E-state index in [4.69, 9.17) is 4.74 Å². The Morgan fingerprint density at radius 1 is 1.25 bits per heavy atom. The normalized spacial score (nSPS) is 27.4. The van der Waals surface area contributed by atoms with Gasteiger partial charge in [-0.25, -0.2) is 4.98 Å². The molecule has 1 atom stereocenters. The first kappa shape index (κ1) is 13.9. The first-order chi connectivity index (χ1) is 9.64. The van der Waals surface area contributed by atoms with Gasteiger partial charge in [-0.3, -0.25) is 0 Å². The number of imidazole rings is 1. The summed E-state index contributed by atoms with van der Waals surface area (Å²) in [6.07, 6.45) is 12.9. The van der Waals surface area contributed by atoms with E-state index in [1.54, 1.807) is 0 Å². The molecule has 4 heteroatoms. The van der Waals surface area contributed by atoms with Gasteiger partial charge in [0.1, 0.15) is 0 Å². The van der Waals surface area contributed by atoms with Crippen molar-refractivity contribution in [3.8, 4) is 0 Å². The van der Waals surface area contributed by atoms with Gasteiger partial charge in [0.2, 0.25) is 5.95 Å². The number of ether oxygens (including phenoxy) is 1. The fraction of sp³-hybridized carbons (Fsp3) is 0.812. The molecule has 1 saturated carbocycles. The smallest absolute Gasteiger partial charge is 0.203 e. The molecule has 1 aromatic heterocycles. The second-order valence-electron chi connectivity index (χ2n) is 6.89. The van der Waals surface area contributed by atoms with Crippen LogP contribution in [0.3, 0.4) is 0 Å². The number of hydrogen-bond acceptors (Lipinski definition) is 3. The summed E-state index contributed by atoms with van der Waals surface area (Å²) in [5, 5.41) is 3.65. The maximum atomic E-state index is 5.79. The second kappa shape index (κ2) is 5.76. The Kier molecular flexibility index (Phi) is 4.01. The summed E-state index contributed by atoms with van der Waals surface area (Å²) >= 11 is 0. The van der Waals surface area contributed by atoms with E-state index in [0.717, 1.165) is 25.4 Å².